The molecule has 0 aliphatic heterocycles. The van der Waals surface area contributed by atoms with E-state index in [1.807, 2.05) is 0 Å². The lowest BCUT2D eigenvalue weighted by atomic mass is 10.5. The smallest absolute Gasteiger partial charge is 0.378 e. The second kappa shape index (κ2) is 3.14. The highest BCUT2D eigenvalue weighted by Crippen LogP contribution is 2.12. The van der Waals surface area contributed by atoms with Gasteiger partial charge in [0.1, 0.15) is 4.47 Å². The minimum Gasteiger partial charge on any atom is -0.463 e. The van der Waals surface area contributed by atoms with Crippen LogP contribution in [0.4, 0.5) is 0 Å². The first-order chi connectivity index (χ1) is 5.57. The highest BCUT2D eigenvalue weighted by Gasteiger charge is 2.20. The Labute approximate surface area is 76.0 Å². The Morgan fingerprint density at radius 1 is 1.67 bits per heavy atom. The van der Waals surface area contributed by atoms with Crippen molar-refractivity contribution in [2.24, 2.45) is 7.05 Å². The van der Waals surface area contributed by atoms with Crippen molar-refractivity contribution in [3.05, 3.63) is 20.6 Å². The minimum absolute atomic E-state index is 0.0804. The van der Waals surface area contributed by atoms with Gasteiger partial charge in [-0.15, -0.1) is 0 Å². The van der Waals surface area contributed by atoms with E-state index in [0.717, 1.165) is 4.74 Å². The molecule has 0 N–H and O–H groups in total. The van der Waals surface area contributed by atoms with Gasteiger partial charge in [-0.2, -0.15) is 4.74 Å². The number of aromatic nitrogens is 1. The quantitative estimate of drug-likeness (QED) is 0.667. The number of nitrogens with zero attached hydrogens (tertiary/aromatic N) is 1. The number of esters is 1. The number of aryl methyl sites for hydroxylation is 1. The number of rotatable bonds is 1. The van der Waals surface area contributed by atoms with Gasteiger partial charge in [0.15, 0.2) is 0 Å². The number of carbonyl (C=O) groups excluding carboxylic acids is 1. The van der Waals surface area contributed by atoms with Crippen molar-refractivity contribution in [3.8, 4) is 0 Å². The maximum Gasteiger partial charge on any atom is 0.378 e. The molecule has 66 valence electrons. The highest BCUT2D eigenvalue weighted by atomic mass is 79.9. The second-order valence-electron chi connectivity index (χ2n) is 2.03. The van der Waals surface area contributed by atoms with Gasteiger partial charge in [-0.05, 0) is 15.9 Å². The van der Waals surface area contributed by atoms with Crippen LogP contribution in [0.1, 0.15) is 10.6 Å². The monoisotopic (exact) mass is 235 g/mol. The number of ether oxygens (including phenoxy) is 1. The van der Waals surface area contributed by atoms with E-state index in [-0.39, 0.29) is 10.2 Å². The summed E-state index contributed by atoms with van der Waals surface area (Å²) in [5, 5.41) is 0. The van der Waals surface area contributed by atoms with Crippen LogP contribution in [0.2, 0.25) is 0 Å². The van der Waals surface area contributed by atoms with Crippen LogP contribution in [0.5, 0.6) is 0 Å². The third-order valence-electron chi connectivity index (χ3n) is 1.27. The summed E-state index contributed by atoms with van der Waals surface area (Å²) in [5.74, 6) is -0.801. The number of hydrogen-bond donors (Lipinski definition) is 0. The van der Waals surface area contributed by atoms with Crippen LogP contribution in [-0.2, 0) is 11.8 Å². The normalized spacial score (nSPS) is 9.92. The molecule has 0 saturated heterocycles. The van der Waals surface area contributed by atoms with Crippen LogP contribution in [0.15, 0.2) is 13.8 Å². The zero-order valence-corrected chi connectivity index (χ0v) is 8.04. The summed E-state index contributed by atoms with van der Waals surface area (Å²) in [6, 6.07) is 0. The summed E-state index contributed by atoms with van der Waals surface area (Å²) < 4.78 is 10.2. The predicted octanol–water partition coefficient (Wildman–Crippen LogP) is 0.527. The number of hydrogen-bond acceptors (Lipinski definition) is 4. The molecule has 5 nitrogen and oxygen atoms in total. The average Bonchev–Trinajstić information content (AvgIpc) is 2.32. The maximum atomic E-state index is 11.0. The molecular formula is C6H6BrNO4. The lowest BCUT2D eigenvalue weighted by molar-refractivity contribution is 0.0540. The van der Waals surface area contributed by atoms with E-state index in [4.69, 9.17) is 4.52 Å². The van der Waals surface area contributed by atoms with Gasteiger partial charge in [0.2, 0.25) is 0 Å². The molecule has 0 saturated carbocycles. The third-order valence-corrected chi connectivity index (χ3v) is 1.97. The molecule has 0 spiro atoms. The lowest BCUT2D eigenvalue weighted by Crippen LogP contribution is -2.09. The van der Waals surface area contributed by atoms with Crippen LogP contribution in [-0.4, -0.2) is 17.8 Å². The first kappa shape index (κ1) is 9.05. The van der Waals surface area contributed by atoms with Crippen molar-refractivity contribution in [2.45, 2.75) is 0 Å². The van der Waals surface area contributed by atoms with Crippen LogP contribution >= 0.6 is 15.9 Å². The Morgan fingerprint density at radius 3 is 2.58 bits per heavy atom. The fourth-order valence-corrected chi connectivity index (χ4v) is 1.16. The van der Waals surface area contributed by atoms with Crippen LogP contribution in [0, 0.1) is 0 Å². The minimum atomic E-state index is -0.681. The molecule has 0 fully saturated rings. The van der Waals surface area contributed by atoms with E-state index >= 15 is 0 Å². The molecule has 12 heavy (non-hydrogen) atoms. The van der Waals surface area contributed by atoms with E-state index in [2.05, 4.69) is 20.7 Å². The van der Waals surface area contributed by atoms with Crippen molar-refractivity contribution in [3.63, 3.8) is 0 Å². The van der Waals surface area contributed by atoms with Gasteiger partial charge in [-0.3, -0.25) is 4.79 Å². The number of carbonyl (C=O) groups is 1. The zero-order chi connectivity index (χ0) is 9.30. The van der Waals surface area contributed by atoms with Gasteiger partial charge >= 0.3 is 5.97 Å². The summed E-state index contributed by atoms with van der Waals surface area (Å²) in [5.41, 5.74) is -0.407. The molecule has 0 amide bonds. The number of halogens is 1. The summed E-state index contributed by atoms with van der Waals surface area (Å²) in [4.78, 5) is 21.9. The van der Waals surface area contributed by atoms with Gasteiger partial charge in [-0.25, -0.2) is 4.79 Å². The number of methoxy groups -OCH3 is 1. The molecule has 0 bridgehead atoms. The average molecular weight is 236 g/mol. The Balaban J connectivity index is 3.27. The molecule has 0 aliphatic rings. The summed E-state index contributed by atoms with van der Waals surface area (Å²) in [7, 11) is 2.61. The van der Waals surface area contributed by atoms with Gasteiger partial charge in [0, 0.05) is 7.05 Å². The van der Waals surface area contributed by atoms with E-state index < -0.39 is 11.5 Å². The lowest BCUT2D eigenvalue weighted by Gasteiger charge is -1.91. The second-order valence-corrected chi connectivity index (χ2v) is 2.82. The zero-order valence-electron chi connectivity index (χ0n) is 6.46. The molecule has 1 aromatic heterocycles. The molecule has 1 aromatic rings. The van der Waals surface area contributed by atoms with Crippen molar-refractivity contribution >= 4 is 21.9 Å². The van der Waals surface area contributed by atoms with Crippen LogP contribution < -0.4 is 5.56 Å². The third kappa shape index (κ3) is 1.29. The molecule has 0 atom stereocenters. The van der Waals surface area contributed by atoms with E-state index in [1.165, 1.54) is 14.2 Å². The molecular weight excluding hydrogens is 230 g/mol. The van der Waals surface area contributed by atoms with Crippen molar-refractivity contribution in [1.82, 2.24) is 4.74 Å². The van der Waals surface area contributed by atoms with Crippen molar-refractivity contribution in [1.29, 1.82) is 0 Å². The van der Waals surface area contributed by atoms with Crippen LogP contribution in [0.25, 0.3) is 0 Å². The molecule has 0 aliphatic carbocycles. The van der Waals surface area contributed by atoms with Gasteiger partial charge < -0.3 is 9.26 Å². The topological polar surface area (TPSA) is 61.4 Å². The Morgan fingerprint density at radius 2 is 2.25 bits per heavy atom. The van der Waals surface area contributed by atoms with Crippen molar-refractivity contribution in [2.75, 3.05) is 7.11 Å². The fraction of sp³-hybridized carbons (Fsp3) is 0.333. The van der Waals surface area contributed by atoms with Crippen LogP contribution in [0.3, 0.4) is 0 Å². The highest BCUT2D eigenvalue weighted by molar-refractivity contribution is 9.10. The van der Waals surface area contributed by atoms with E-state index in [0.29, 0.717) is 0 Å². The Hall–Kier alpha value is -1.04. The van der Waals surface area contributed by atoms with Crippen molar-refractivity contribution < 1.29 is 14.1 Å². The van der Waals surface area contributed by atoms with Gasteiger partial charge in [0.05, 0.1) is 7.11 Å². The SMILES string of the molecule is COC(=O)c1on(C)c(=O)c1Br. The van der Waals surface area contributed by atoms with E-state index in [9.17, 15) is 9.59 Å². The first-order valence-corrected chi connectivity index (χ1v) is 3.81. The molecule has 0 unspecified atom stereocenters. The summed E-state index contributed by atoms with van der Waals surface area (Å²) >= 11 is 2.91. The van der Waals surface area contributed by atoms with Gasteiger partial charge in [-0.1, -0.05) is 0 Å². The maximum absolute atomic E-state index is 11.0. The first-order valence-electron chi connectivity index (χ1n) is 3.02. The predicted molar refractivity (Wildman–Crippen MR) is 43.0 cm³/mol. The molecule has 1 heterocycles. The Bertz CT molecular complexity index is 364. The molecule has 6 heteroatoms. The summed E-state index contributed by atoms with van der Waals surface area (Å²) in [6.07, 6.45) is 0. The fourth-order valence-electron chi connectivity index (χ4n) is 0.673. The Kier molecular flexibility index (Phi) is 2.37. The van der Waals surface area contributed by atoms with E-state index in [1.54, 1.807) is 0 Å². The largest absolute Gasteiger partial charge is 0.463 e. The molecule has 0 aromatic carbocycles. The summed E-state index contributed by atoms with van der Waals surface area (Å²) in [6.45, 7) is 0. The standard InChI is InChI=1S/C6H6BrNO4/c1-8-5(9)3(7)4(12-8)6(10)11-2/h1-2H3. The van der Waals surface area contributed by atoms with Gasteiger partial charge in [0.25, 0.3) is 11.3 Å². The molecule has 0 radical (unpaired) electrons. The molecule has 1 rings (SSSR count).